The Bertz CT molecular complexity index is 701. The Morgan fingerprint density at radius 2 is 1.82 bits per heavy atom. The molecule has 10 heteroatoms. The average Bonchev–Trinajstić information content (AvgIpc) is 2.70. The monoisotopic (exact) mass is 413 g/mol. The van der Waals surface area contributed by atoms with Gasteiger partial charge in [-0.05, 0) is 24.3 Å². The van der Waals surface area contributed by atoms with E-state index in [1.54, 1.807) is 4.90 Å². The first kappa shape index (κ1) is 20.9. The lowest BCUT2D eigenvalue weighted by atomic mass is 9.89. The van der Waals surface area contributed by atoms with Crippen molar-refractivity contribution < 1.29 is 28.6 Å². The van der Waals surface area contributed by atoms with E-state index in [4.69, 9.17) is 9.94 Å². The van der Waals surface area contributed by atoms with Crippen molar-refractivity contribution in [2.45, 2.75) is 30.4 Å². The van der Waals surface area contributed by atoms with Crippen LogP contribution in [0.15, 0.2) is 30.3 Å². The molecule has 0 aromatic heterocycles. The molecular formula is C18H27N3O6S. The number of ether oxygens (including phenoxy) is 1. The molecule has 1 aromatic rings. The molecule has 156 valence electrons. The van der Waals surface area contributed by atoms with E-state index in [0.717, 1.165) is 12.8 Å². The minimum atomic E-state index is -2.84. The van der Waals surface area contributed by atoms with Crippen LogP contribution in [0, 0.1) is 0 Å². The van der Waals surface area contributed by atoms with Crippen LogP contribution in [-0.4, -0.2) is 74.5 Å². The molecule has 1 aromatic carbocycles. The lowest BCUT2D eigenvalue weighted by molar-refractivity contribution is -0.139. The number of rotatable bonds is 5. The van der Waals surface area contributed by atoms with Crippen molar-refractivity contribution in [2.24, 2.45) is 0 Å². The topological polar surface area (TPSA) is 131 Å². The van der Waals surface area contributed by atoms with Crippen molar-refractivity contribution in [3.63, 3.8) is 0 Å². The standard InChI is InChI=1S/C18H27N3O6S/c1-27-18(11-28(25,26)12-18)15(16(22)20-24)19-17(23)21-9-7-14(8-10-21)13-5-3-2-4-6-13/h2-6,14-15,24-26H,7-12H2,1H3,(H,19,23)(H,20,22). The van der Waals surface area contributed by atoms with Gasteiger partial charge in [0.15, 0.2) is 0 Å². The number of carbonyl (C=O) groups is 2. The number of methoxy groups -OCH3 is 1. The molecular weight excluding hydrogens is 386 g/mol. The van der Waals surface area contributed by atoms with Crippen LogP contribution in [0.2, 0.25) is 0 Å². The van der Waals surface area contributed by atoms with Crippen molar-refractivity contribution in [3.8, 4) is 0 Å². The van der Waals surface area contributed by atoms with Crippen molar-refractivity contribution in [1.29, 1.82) is 0 Å². The summed E-state index contributed by atoms with van der Waals surface area (Å²) in [7, 11) is -1.50. The van der Waals surface area contributed by atoms with Gasteiger partial charge < -0.3 is 15.0 Å². The Morgan fingerprint density at radius 3 is 2.32 bits per heavy atom. The maximum Gasteiger partial charge on any atom is 0.318 e. The molecule has 28 heavy (non-hydrogen) atoms. The van der Waals surface area contributed by atoms with Crippen LogP contribution in [0.3, 0.4) is 0 Å². The van der Waals surface area contributed by atoms with Crippen molar-refractivity contribution in [1.82, 2.24) is 15.7 Å². The molecule has 1 atom stereocenters. The number of nitrogens with zero attached hydrogens (tertiary/aromatic N) is 1. The summed E-state index contributed by atoms with van der Waals surface area (Å²) in [5, 5.41) is 11.7. The van der Waals surface area contributed by atoms with Gasteiger partial charge in [-0.1, -0.05) is 30.3 Å². The molecule has 0 bridgehead atoms. The number of hydrogen-bond donors (Lipinski definition) is 5. The first-order valence-electron chi connectivity index (χ1n) is 9.13. The van der Waals surface area contributed by atoms with Gasteiger partial charge in [-0.25, -0.2) is 10.3 Å². The molecule has 0 aliphatic carbocycles. The van der Waals surface area contributed by atoms with E-state index in [-0.39, 0.29) is 11.5 Å². The molecule has 0 saturated carbocycles. The van der Waals surface area contributed by atoms with E-state index in [0.29, 0.717) is 19.0 Å². The van der Waals surface area contributed by atoms with E-state index >= 15 is 0 Å². The minimum absolute atomic E-state index is 0.176. The number of piperidine rings is 1. The van der Waals surface area contributed by atoms with Crippen LogP contribution >= 0.6 is 10.6 Å². The largest absolute Gasteiger partial charge is 0.372 e. The minimum Gasteiger partial charge on any atom is -0.372 e. The smallest absolute Gasteiger partial charge is 0.318 e. The highest BCUT2D eigenvalue weighted by molar-refractivity contribution is 8.25. The van der Waals surface area contributed by atoms with Gasteiger partial charge in [-0.3, -0.25) is 19.1 Å². The van der Waals surface area contributed by atoms with Gasteiger partial charge in [0.2, 0.25) is 0 Å². The molecule has 2 saturated heterocycles. The van der Waals surface area contributed by atoms with Gasteiger partial charge in [0.1, 0.15) is 11.6 Å². The highest BCUT2D eigenvalue weighted by Crippen LogP contribution is 2.56. The molecule has 0 radical (unpaired) electrons. The Morgan fingerprint density at radius 1 is 1.21 bits per heavy atom. The van der Waals surface area contributed by atoms with E-state index in [2.05, 4.69) is 17.4 Å². The second-order valence-corrected chi connectivity index (χ2v) is 9.57. The zero-order valence-corrected chi connectivity index (χ0v) is 16.5. The first-order valence-corrected chi connectivity index (χ1v) is 11.0. The zero-order valence-electron chi connectivity index (χ0n) is 15.7. The quantitative estimate of drug-likeness (QED) is 0.368. The number of amides is 3. The maximum atomic E-state index is 12.7. The van der Waals surface area contributed by atoms with Gasteiger partial charge in [0.05, 0.1) is 11.5 Å². The predicted molar refractivity (Wildman–Crippen MR) is 105 cm³/mol. The van der Waals surface area contributed by atoms with Crippen LogP contribution in [0.1, 0.15) is 24.3 Å². The van der Waals surface area contributed by atoms with Gasteiger partial charge in [-0.15, -0.1) is 0 Å². The normalized spacial score (nSPS) is 23.2. The Kier molecular flexibility index (Phi) is 6.15. The van der Waals surface area contributed by atoms with Crippen LogP contribution in [0.25, 0.3) is 0 Å². The second-order valence-electron chi connectivity index (χ2n) is 7.39. The van der Waals surface area contributed by atoms with Crippen molar-refractivity contribution >= 4 is 22.5 Å². The average molecular weight is 413 g/mol. The second kappa shape index (κ2) is 8.26. The predicted octanol–water partition coefficient (Wildman–Crippen LogP) is 1.60. The van der Waals surface area contributed by atoms with Crippen LogP contribution in [-0.2, 0) is 9.53 Å². The van der Waals surface area contributed by atoms with Crippen molar-refractivity contribution in [3.05, 3.63) is 35.9 Å². The number of hydroxylamine groups is 1. The fraction of sp³-hybridized carbons (Fsp3) is 0.556. The zero-order chi connectivity index (χ0) is 20.4. The molecule has 2 heterocycles. The summed E-state index contributed by atoms with van der Waals surface area (Å²) in [6.07, 6.45) is 1.62. The first-order chi connectivity index (χ1) is 13.3. The van der Waals surface area contributed by atoms with Crippen molar-refractivity contribution in [2.75, 3.05) is 31.7 Å². The van der Waals surface area contributed by atoms with Gasteiger partial charge in [0.25, 0.3) is 5.91 Å². The Balaban J connectivity index is 1.62. The lowest BCUT2D eigenvalue weighted by Crippen LogP contribution is -2.70. The molecule has 5 N–H and O–H groups in total. The summed E-state index contributed by atoms with van der Waals surface area (Å²) in [5.41, 5.74) is 1.52. The molecule has 1 unspecified atom stereocenters. The molecule has 9 nitrogen and oxygen atoms in total. The van der Waals surface area contributed by atoms with Gasteiger partial charge in [0, 0.05) is 20.2 Å². The highest BCUT2D eigenvalue weighted by Gasteiger charge is 2.57. The van der Waals surface area contributed by atoms with E-state index < -0.39 is 34.2 Å². The summed E-state index contributed by atoms with van der Waals surface area (Å²) >= 11 is 0. The number of likely N-dealkylation sites (tertiary alicyclic amines) is 1. The van der Waals surface area contributed by atoms with Crippen LogP contribution in [0.4, 0.5) is 4.79 Å². The summed E-state index contributed by atoms with van der Waals surface area (Å²) in [4.78, 5) is 26.5. The molecule has 2 aliphatic rings. The molecule has 2 fully saturated rings. The maximum absolute atomic E-state index is 12.7. The van der Waals surface area contributed by atoms with Crippen LogP contribution in [0.5, 0.6) is 0 Å². The Hall–Kier alpha value is -1.85. The van der Waals surface area contributed by atoms with Crippen LogP contribution < -0.4 is 10.8 Å². The molecule has 0 spiro atoms. The third-order valence-electron chi connectivity index (χ3n) is 5.58. The highest BCUT2D eigenvalue weighted by atomic mass is 32.3. The number of urea groups is 1. The third kappa shape index (κ3) is 4.26. The summed E-state index contributed by atoms with van der Waals surface area (Å²) < 4.78 is 24.8. The number of benzene rings is 1. The van der Waals surface area contributed by atoms with E-state index in [1.807, 2.05) is 18.2 Å². The third-order valence-corrected chi connectivity index (χ3v) is 7.48. The summed E-state index contributed by atoms with van der Waals surface area (Å²) in [6.45, 7) is 1.07. The number of hydrogen-bond acceptors (Lipinski definition) is 6. The fourth-order valence-corrected chi connectivity index (χ4v) is 6.05. The van der Waals surface area contributed by atoms with Gasteiger partial charge >= 0.3 is 6.03 Å². The number of carbonyl (C=O) groups excluding carboxylic acids is 2. The summed E-state index contributed by atoms with van der Waals surface area (Å²) in [5.74, 6) is -0.827. The fourth-order valence-electron chi connectivity index (χ4n) is 4.00. The lowest BCUT2D eigenvalue weighted by Gasteiger charge is -2.57. The number of nitrogens with one attached hydrogen (secondary N) is 2. The van der Waals surface area contributed by atoms with E-state index in [9.17, 15) is 18.7 Å². The van der Waals surface area contributed by atoms with E-state index in [1.165, 1.54) is 18.2 Å². The molecule has 3 amide bonds. The molecule has 2 aliphatic heterocycles. The Labute approximate surface area is 165 Å². The molecule has 3 rings (SSSR count). The summed E-state index contributed by atoms with van der Waals surface area (Å²) in [6, 6.07) is 8.46. The SMILES string of the molecule is COC1(C(NC(=O)N2CCC(c3ccccc3)CC2)C(=O)NO)CS(O)(O)C1. The van der Waals surface area contributed by atoms with Gasteiger partial charge in [-0.2, -0.15) is 10.6 Å².